The summed E-state index contributed by atoms with van der Waals surface area (Å²) in [5, 5.41) is 20.1. The second-order valence-electron chi connectivity index (χ2n) is 6.99. The summed E-state index contributed by atoms with van der Waals surface area (Å²) in [7, 11) is 0. The summed E-state index contributed by atoms with van der Waals surface area (Å²) in [5.41, 5.74) is 7.93. The van der Waals surface area contributed by atoms with Crippen LogP contribution >= 0.6 is 11.8 Å². The molecule has 7 nitrogen and oxygen atoms in total. The minimum atomic E-state index is 0.0735. The summed E-state index contributed by atoms with van der Waals surface area (Å²) < 4.78 is 16.3. The van der Waals surface area contributed by atoms with Gasteiger partial charge in [-0.2, -0.15) is 10.5 Å². The van der Waals surface area contributed by atoms with Crippen molar-refractivity contribution in [1.29, 1.82) is 10.5 Å². The Kier molecular flexibility index (Phi) is 5.86. The van der Waals surface area contributed by atoms with Crippen molar-refractivity contribution in [3.8, 4) is 29.0 Å². The molecule has 4 rings (SSSR count). The average molecular weight is 408 g/mol. The summed E-state index contributed by atoms with van der Waals surface area (Å²) in [6.45, 7) is 2.67. The first kappa shape index (κ1) is 19.5. The van der Waals surface area contributed by atoms with Crippen LogP contribution in [0.2, 0.25) is 0 Å². The van der Waals surface area contributed by atoms with Crippen molar-refractivity contribution >= 4 is 17.6 Å². The molecule has 8 heteroatoms. The Morgan fingerprint density at radius 2 is 1.86 bits per heavy atom. The first-order valence-corrected chi connectivity index (χ1v) is 10.4. The van der Waals surface area contributed by atoms with E-state index in [1.165, 1.54) is 11.8 Å². The number of hydrogen-bond acceptors (Lipinski definition) is 8. The van der Waals surface area contributed by atoms with E-state index in [0.717, 1.165) is 36.7 Å². The third kappa shape index (κ3) is 4.15. The second kappa shape index (κ2) is 8.71. The van der Waals surface area contributed by atoms with E-state index >= 15 is 0 Å². The fourth-order valence-electron chi connectivity index (χ4n) is 3.28. The minimum absolute atomic E-state index is 0.0735. The molecule has 2 aromatic rings. The average Bonchev–Trinajstić information content (AvgIpc) is 3.22. The van der Waals surface area contributed by atoms with Crippen LogP contribution in [0.4, 0.5) is 5.82 Å². The van der Waals surface area contributed by atoms with Crippen LogP contribution in [-0.4, -0.2) is 43.3 Å². The first-order valence-electron chi connectivity index (χ1n) is 9.38. The van der Waals surface area contributed by atoms with Crippen LogP contribution in [0.1, 0.15) is 17.5 Å². The molecular weight excluding hydrogens is 388 g/mol. The summed E-state index contributed by atoms with van der Waals surface area (Å²) in [5.74, 6) is 2.08. The van der Waals surface area contributed by atoms with E-state index in [0.29, 0.717) is 35.3 Å². The van der Waals surface area contributed by atoms with Crippen LogP contribution in [0.3, 0.4) is 0 Å². The lowest BCUT2D eigenvalue weighted by molar-refractivity contribution is -0.0796. The molecule has 3 heterocycles. The van der Waals surface area contributed by atoms with Gasteiger partial charge in [0.25, 0.3) is 0 Å². The van der Waals surface area contributed by atoms with Crippen LogP contribution in [0, 0.1) is 28.6 Å². The van der Waals surface area contributed by atoms with Crippen molar-refractivity contribution in [2.75, 3.05) is 37.9 Å². The predicted molar refractivity (Wildman–Crippen MR) is 108 cm³/mol. The maximum Gasteiger partial charge on any atom is 0.145 e. The summed E-state index contributed by atoms with van der Waals surface area (Å²) >= 11 is 1.49. The highest BCUT2D eigenvalue weighted by Crippen LogP contribution is 2.37. The van der Waals surface area contributed by atoms with E-state index in [1.807, 2.05) is 24.3 Å². The molecule has 1 aromatic heterocycles. The van der Waals surface area contributed by atoms with Crippen molar-refractivity contribution in [2.45, 2.75) is 17.6 Å². The van der Waals surface area contributed by atoms with Gasteiger partial charge in [0.1, 0.15) is 40.4 Å². The monoisotopic (exact) mass is 408 g/mol. The Morgan fingerprint density at radius 3 is 2.45 bits per heavy atom. The normalized spacial score (nSPS) is 18.6. The van der Waals surface area contributed by atoms with E-state index in [2.05, 4.69) is 17.1 Å². The number of nitrogen functional groups attached to an aromatic ring is 1. The van der Waals surface area contributed by atoms with E-state index in [4.69, 9.17) is 19.9 Å². The van der Waals surface area contributed by atoms with E-state index in [1.54, 1.807) is 0 Å². The third-order valence-electron chi connectivity index (χ3n) is 4.95. The zero-order valence-corrected chi connectivity index (χ0v) is 16.6. The number of thioether (sulfide) groups is 1. The number of aromatic nitrogens is 1. The number of rotatable bonds is 6. The largest absolute Gasteiger partial charge is 0.486 e. The molecule has 29 heavy (non-hydrogen) atoms. The molecule has 1 aromatic carbocycles. The molecule has 2 N–H and O–H groups in total. The van der Waals surface area contributed by atoms with Gasteiger partial charge >= 0.3 is 0 Å². The minimum Gasteiger partial charge on any atom is -0.486 e. The van der Waals surface area contributed by atoms with Crippen molar-refractivity contribution in [1.82, 2.24) is 4.98 Å². The van der Waals surface area contributed by atoms with Gasteiger partial charge in [-0.15, -0.1) is 11.8 Å². The molecule has 0 saturated carbocycles. The molecule has 2 aliphatic rings. The Hall–Kier alpha value is -2.78. The summed E-state index contributed by atoms with van der Waals surface area (Å²) in [4.78, 5) is 4.35. The number of pyridine rings is 1. The van der Waals surface area contributed by atoms with Gasteiger partial charge in [0.05, 0.1) is 25.4 Å². The molecule has 0 bridgehead atoms. The van der Waals surface area contributed by atoms with Gasteiger partial charge < -0.3 is 19.9 Å². The first-order chi connectivity index (χ1) is 14.2. The predicted octanol–water partition coefficient (Wildman–Crippen LogP) is 2.98. The number of ether oxygens (including phenoxy) is 3. The lowest BCUT2D eigenvalue weighted by Crippen LogP contribution is -2.38. The maximum absolute atomic E-state index is 9.86. The Morgan fingerprint density at radius 1 is 1.10 bits per heavy atom. The Labute approximate surface area is 173 Å². The van der Waals surface area contributed by atoms with Gasteiger partial charge in [-0.3, -0.25) is 0 Å². The number of nitriles is 2. The van der Waals surface area contributed by atoms with Crippen LogP contribution in [0.25, 0.3) is 11.1 Å². The van der Waals surface area contributed by atoms with Crippen LogP contribution < -0.4 is 10.5 Å². The van der Waals surface area contributed by atoms with Crippen molar-refractivity contribution in [3.05, 3.63) is 35.4 Å². The topological polar surface area (TPSA) is 114 Å². The van der Waals surface area contributed by atoms with Crippen molar-refractivity contribution in [2.24, 2.45) is 5.92 Å². The molecule has 0 radical (unpaired) electrons. The fraction of sp³-hybridized carbons (Fsp3) is 0.381. The van der Waals surface area contributed by atoms with Gasteiger partial charge in [-0.25, -0.2) is 4.98 Å². The highest BCUT2D eigenvalue weighted by Gasteiger charge is 2.23. The SMILES string of the molecule is N#Cc1c(N)nc(SC[C@H]2CCOC2)c(C#N)c1-c1ccc(OC2COC2)cc1. The molecule has 0 unspecified atom stereocenters. The van der Waals surface area contributed by atoms with Gasteiger partial charge in [-0.1, -0.05) is 12.1 Å². The third-order valence-corrected chi connectivity index (χ3v) is 6.16. The van der Waals surface area contributed by atoms with Crippen LogP contribution in [0.15, 0.2) is 29.3 Å². The standard InChI is InChI=1S/C21H20N4O3S/c22-7-17-19(14-1-3-15(4-2-14)28-16-10-27-11-16)18(8-23)21(25-20(17)24)29-12-13-5-6-26-9-13/h1-4,13,16H,5-6,9-12H2,(H2,24,25)/t13-/m0/s1. The molecular formula is C21H20N4O3S. The fourth-order valence-corrected chi connectivity index (χ4v) is 4.39. The lowest BCUT2D eigenvalue weighted by atomic mass is 9.97. The molecule has 0 spiro atoms. The Balaban J connectivity index is 1.66. The highest BCUT2D eigenvalue weighted by molar-refractivity contribution is 7.99. The van der Waals surface area contributed by atoms with Gasteiger partial charge in [-0.05, 0) is 30.0 Å². The summed E-state index contributed by atoms with van der Waals surface area (Å²) in [6, 6.07) is 11.7. The van der Waals surface area contributed by atoms with Gasteiger partial charge in [0.2, 0.25) is 0 Å². The smallest absolute Gasteiger partial charge is 0.145 e. The zero-order chi connectivity index (χ0) is 20.2. The highest BCUT2D eigenvalue weighted by atomic mass is 32.2. The van der Waals surface area contributed by atoms with E-state index in [9.17, 15) is 10.5 Å². The molecule has 1 atom stereocenters. The lowest BCUT2D eigenvalue weighted by Gasteiger charge is -2.26. The van der Waals surface area contributed by atoms with E-state index in [-0.39, 0.29) is 17.5 Å². The van der Waals surface area contributed by atoms with E-state index < -0.39 is 0 Å². The van der Waals surface area contributed by atoms with Gasteiger partial charge in [0.15, 0.2) is 0 Å². The number of anilines is 1. The van der Waals surface area contributed by atoms with Crippen LogP contribution in [0.5, 0.6) is 5.75 Å². The number of hydrogen-bond donors (Lipinski definition) is 1. The summed E-state index contributed by atoms with van der Waals surface area (Å²) in [6.07, 6.45) is 1.07. The Bertz CT molecular complexity index is 971. The number of nitrogens with zero attached hydrogens (tertiary/aromatic N) is 3. The molecule has 2 fully saturated rings. The van der Waals surface area contributed by atoms with Crippen molar-refractivity contribution in [3.63, 3.8) is 0 Å². The maximum atomic E-state index is 9.86. The molecule has 2 saturated heterocycles. The quantitative estimate of drug-likeness (QED) is 0.726. The van der Waals surface area contributed by atoms with Gasteiger partial charge in [0, 0.05) is 17.9 Å². The molecule has 0 aliphatic carbocycles. The van der Waals surface area contributed by atoms with Crippen LogP contribution in [-0.2, 0) is 9.47 Å². The number of benzene rings is 1. The second-order valence-corrected chi connectivity index (χ2v) is 8.00. The zero-order valence-electron chi connectivity index (χ0n) is 15.8. The molecule has 148 valence electrons. The number of nitrogens with two attached hydrogens (primary N) is 1. The molecule has 2 aliphatic heterocycles. The van der Waals surface area contributed by atoms with Crippen molar-refractivity contribution < 1.29 is 14.2 Å². The molecule has 0 amide bonds.